The van der Waals surface area contributed by atoms with Crippen LogP contribution in [0.1, 0.15) is 43.7 Å². The minimum atomic E-state index is -3.42. The monoisotopic (exact) mass is 401 g/mol. The first-order valence-corrected chi connectivity index (χ1v) is 11.7. The summed E-state index contributed by atoms with van der Waals surface area (Å²) in [6.45, 7) is 5.63. The molecule has 2 aromatic carbocycles. The molecule has 152 valence electrons. The normalized spacial score (nSPS) is 20.4. The van der Waals surface area contributed by atoms with Gasteiger partial charge in [0.2, 0.25) is 10.0 Å². The Hall–Kier alpha value is -1.69. The number of sulfonamides is 1. The van der Waals surface area contributed by atoms with Crippen molar-refractivity contribution in [3.05, 3.63) is 65.7 Å². The van der Waals surface area contributed by atoms with Gasteiger partial charge in [-0.25, -0.2) is 8.42 Å². The number of hydrogen-bond donors (Lipinski definition) is 0. The molecule has 0 amide bonds. The van der Waals surface area contributed by atoms with E-state index in [1.165, 1.54) is 5.56 Å². The van der Waals surface area contributed by atoms with Crippen molar-refractivity contribution in [3.8, 4) is 0 Å². The summed E-state index contributed by atoms with van der Waals surface area (Å²) in [7, 11) is -3.42. The maximum atomic E-state index is 13.0. The minimum Gasteiger partial charge on any atom is -0.374 e. The van der Waals surface area contributed by atoms with Crippen LogP contribution in [0.4, 0.5) is 0 Å². The SMILES string of the molecule is CCN(CC1CCC(OCc2ccccc2)CC1)S(=O)(=O)c1ccc(C)cc1. The van der Waals surface area contributed by atoms with Crippen LogP contribution in [-0.4, -0.2) is 31.9 Å². The van der Waals surface area contributed by atoms with E-state index < -0.39 is 10.0 Å². The fraction of sp³-hybridized carbons (Fsp3) is 0.478. The summed E-state index contributed by atoms with van der Waals surface area (Å²) in [5.41, 5.74) is 2.27. The predicted molar refractivity (Wildman–Crippen MR) is 113 cm³/mol. The number of nitrogens with zero attached hydrogens (tertiary/aromatic N) is 1. The van der Waals surface area contributed by atoms with E-state index in [1.807, 2.05) is 44.2 Å². The summed E-state index contributed by atoms with van der Waals surface area (Å²) in [4.78, 5) is 0.389. The lowest BCUT2D eigenvalue weighted by atomic mass is 9.87. The van der Waals surface area contributed by atoms with Crippen LogP contribution in [0.3, 0.4) is 0 Å². The summed E-state index contributed by atoms with van der Waals surface area (Å²) in [5.74, 6) is 0.400. The topological polar surface area (TPSA) is 46.6 Å². The number of hydrogen-bond acceptors (Lipinski definition) is 3. The third-order valence-corrected chi connectivity index (χ3v) is 7.55. The van der Waals surface area contributed by atoms with Gasteiger partial charge in [0.05, 0.1) is 17.6 Å². The first-order chi connectivity index (χ1) is 13.5. The van der Waals surface area contributed by atoms with E-state index in [4.69, 9.17) is 4.74 Å². The summed E-state index contributed by atoms with van der Waals surface area (Å²) < 4.78 is 33.6. The molecule has 0 aliphatic heterocycles. The van der Waals surface area contributed by atoms with Gasteiger partial charge in [0.1, 0.15) is 0 Å². The molecule has 0 N–H and O–H groups in total. The van der Waals surface area contributed by atoms with Crippen molar-refractivity contribution in [2.24, 2.45) is 5.92 Å². The first kappa shape index (κ1) is 21.0. The van der Waals surface area contributed by atoms with Gasteiger partial charge >= 0.3 is 0 Å². The molecule has 1 saturated carbocycles. The van der Waals surface area contributed by atoms with Gasteiger partial charge in [0.15, 0.2) is 0 Å². The molecule has 2 aromatic rings. The smallest absolute Gasteiger partial charge is 0.243 e. The fourth-order valence-electron chi connectivity index (χ4n) is 3.81. The van der Waals surface area contributed by atoms with Crippen molar-refractivity contribution in [1.29, 1.82) is 0 Å². The van der Waals surface area contributed by atoms with Gasteiger partial charge in [0.25, 0.3) is 0 Å². The van der Waals surface area contributed by atoms with Crippen LogP contribution < -0.4 is 0 Å². The molecule has 4 nitrogen and oxygen atoms in total. The zero-order valence-electron chi connectivity index (χ0n) is 16.9. The predicted octanol–water partition coefficient (Wildman–Crippen LogP) is 4.78. The Kier molecular flexibility index (Phi) is 7.27. The number of aryl methyl sites for hydroxylation is 1. The molecule has 0 spiro atoms. The van der Waals surface area contributed by atoms with Crippen molar-refractivity contribution in [1.82, 2.24) is 4.31 Å². The maximum absolute atomic E-state index is 13.0. The average molecular weight is 402 g/mol. The van der Waals surface area contributed by atoms with Crippen LogP contribution in [0, 0.1) is 12.8 Å². The summed E-state index contributed by atoms with van der Waals surface area (Å²) >= 11 is 0. The molecule has 0 unspecified atom stereocenters. The van der Waals surface area contributed by atoms with Gasteiger partial charge in [-0.1, -0.05) is 55.0 Å². The van der Waals surface area contributed by atoms with Gasteiger partial charge in [-0.15, -0.1) is 0 Å². The Morgan fingerprint density at radius 1 is 0.964 bits per heavy atom. The number of benzene rings is 2. The second kappa shape index (κ2) is 9.68. The quantitative estimate of drug-likeness (QED) is 0.639. The Balaban J connectivity index is 1.51. The second-order valence-electron chi connectivity index (χ2n) is 7.71. The van der Waals surface area contributed by atoms with Crippen LogP contribution in [0.15, 0.2) is 59.5 Å². The lowest BCUT2D eigenvalue weighted by Crippen LogP contribution is -2.37. The summed E-state index contributed by atoms with van der Waals surface area (Å²) in [6, 6.07) is 17.4. The molecule has 3 rings (SSSR count). The summed E-state index contributed by atoms with van der Waals surface area (Å²) in [6.07, 6.45) is 4.30. The van der Waals surface area contributed by atoms with Crippen molar-refractivity contribution >= 4 is 10.0 Å². The van der Waals surface area contributed by atoms with Crippen LogP contribution in [-0.2, 0) is 21.4 Å². The molecular formula is C23H31NO3S. The fourth-order valence-corrected chi connectivity index (χ4v) is 5.34. The van der Waals surface area contributed by atoms with Gasteiger partial charge in [0, 0.05) is 13.1 Å². The van der Waals surface area contributed by atoms with Gasteiger partial charge in [-0.2, -0.15) is 4.31 Å². The molecule has 1 aliphatic rings. The molecule has 0 aromatic heterocycles. The number of ether oxygens (including phenoxy) is 1. The summed E-state index contributed by atoms with van der Waals surface area (Å²) in [5, 5.41) is 0. The molecule has 0 bridgehead atoms. The zero-order valence-corrected chi connectivity index (χ0v) is 17.7. The molecule has 1 aliphatic carbocycles. The van der Waals surface area contributed by atoms with Crippen molar-refractivity contribution in [2.75, 3.05) is 13.1 Å². The standard InChI is InChI=1S/C23H31NO3S/c1-3-24(28(25,26)23-15-9-19(2)10-16-23)17-20-11-13-22(14-12-20)27-18-21-7-5-4-6-8-21/h4-10,15-16,20,22H,3,11-14,17-18H2,1-2H3. The van der Waals surface area contributed by atoms with Crippen molar-refractivity contribution in [3.63, 3.8) is 0 Å². The van der Waals surface area contributed by atoms with E-state index in [0.29, 0.717) is 30.5 Å². The van der Waals surface area contributed by atoms with E-state index in [9.17, 15) is 8.42 Å². The Labute approximate surface area is 169 Å². The molecule has 0 heterocycles. The highest BCUT2D eigenvalue weighted by atomic mass is 32.2. The highest BCUT2D eigenvalue weighted by molar-refractivity contribution is 7.89. The molecule has 1 fully saturated rings. The Bertz CT molecular complexity index is 826. The van der Waals surface area contributed by atoms with Gasteiger partial charge < -0.3 is 4.74 Å². The highest BCUT2D eigenvalue weighted by Crippen LogP contribution is 2.29. The van der Waals surface area contributed by atoms with E-state index >= 15 is 0 Å². The molecule has 0 saturated heterocycles. The first-order valence-electron chi connectivity index (χ1n) is 10.2. The lowest BCUT2D eigenvalue weighted by Gasteiger charge is -2.32. The highest BCUT2D eigenvalue weighted by Gasteiger charge is 2.28. The van der Waals surface area contributed by atoms with E-state index in [2.05, 4.69) is 12.1 Å². The number of rotatable bonds is 8. The third-order valence-electron chi connectivity index (χ3n) is 5.60. The van der Waals surface area contributed by atoms with E-state index in [-0.39, 0.29) is 6.10 Å². The lowest BCUT2D eigenvalue weighted by molar-refractivity contribution is 0.00570. The van der Waals surface area contributed by atoms with E-state index in [0.717, 1.165) is 31.2 Å². The Morgan fingerprint density at radius 3 is 2.21 bits per heavy atom. The molecule has 0 atom stereocenters. The maximum Gasteiger partial charge on any atom is 0.243 e. The van der Waals surface area contributed by atoms with Crippen LogP contribution in [0.5, 0.6) is 0 Å². The van der Waals surface area contributed by atoms with Crippen molar-refractivity contribution in [2.45, 2.75) is 57.1 Å². The molecule has 5 heteroatoms. The van der Waals surface area contributed by atoms with E-state index in [1.54, 1.807) is 16.4 Å². The molecular weight excluding hydrogens is 370 g/mol. The Morgan fingerprint density at radius 2 is 1.61 bits per heavy atom. The molecule has 28 heavy (non-hydrogen) atoms. The second-order valence-corrected chi connectivity index (χ2v) is 9.65. The van der Waals surface area contributed by atoms with Gasteiger partial charge in [-0.3, -0.25) is 0 Å². The van der Waals surface area contributed by atoms with Crippen LogP contribution >= 0.6 is 0 Å². The third kappa shape index (κ3) is 5.43. The molecule has 0 radical (unpaired) electrons. The van der Waals surface area contributed by atoms with Crippen LogP contribution in [0.2, 0.25) is 0 Å². The zero-order chi connectivity index (χ0) is 20.0. The largest absolute Gasteiger partial charge is 0.374 e. The minimum absolute atomic E-state index is 0.278. The van der Waals surface area contributed by atoms with Gasteiger partial charge in [-0.05, 0) is 56.2 Å². The van der Waals surface area contributed by atoms with Crippen LogP contribution in [0.25, 0.3) is 0 Å². The average Bonchev–Trinajstić information content (AvgIpc) is 2.72. The van der Waals surface area contributed by atoms with Crippen molar-refractivity contribution < 1.29 is 13.2 Å².